The topological polar surface area (TPSA) is 107 Å². The molecule has 3 N–H and O–H groups in total. The van der Waals surface area contributed by atoms with E-state index in [2.05, 4.69) is 0 Å². The lowest BCUT2D eigenvalue weighted by atomic mass is 10.1. The smallest absolute Gasteiger partial charge is 0.307 e. The molecular weight excluding hydrogens is 270 g/mol. The summed E-state index contributed by atoms with van der Waals surface area (Å²) in [5.41, 5.74) is 6.37. The standard InChI is InChI=1S/C12H15NO5S/c13-10-6-19(16,17)7-11(10)18-9-3-1-8(2-4-9)5-12(14)15/h1-4,10-11H,5-7,13H2,(H,14,15). The molecule has 1 saturated heterocycles. The highest BCUT2D eigenvalue weighted by Crippen LogP contribution is 2.20. The van der Waals surface area contributed by atoms with Gasteiger partial charge in [-0.15, -0.1) is 0 Å². The number of hydrogen-bond acceptors (Lipinski definition) is 5. The second kappa shape index (κ2) is 5.18. The Morgan fingerprint density at radius 3 is 2.42 bits per heavy atom. The molecule has 104 valence electrons. The lowest BCUT2D eigenvalue weighted by molar-refractivity contribution is -0.136. The number of hydrogen-bond donors (Lipinski definition) is 2. The first-order valence-electron chi connectivity index (χ1n) is 5.79. The van der Waals surface area contributed by atoms with E-state index >= 15 is 0 Å². The van der Waals surface area contributed by atoms with E-state index in [1.807, 2.05) is 0 Å². The van der Waals surface area contributed by atoms with Crippen molar-refractivity contribution >= 4 is 15.8 Å². The van der Waals surface area contributed by atoms with Gasteiger partial charge in [0.25, 0.3) is 0 Å². The van der Waals surface area contributed by atoms with Gasteiger partial charge in [-0.05, 0) is 17.7 Å². The minimum absolute atomic E-state index is 0.0579. The molecule has 1 aliphatic rings. The summed E-state index contributed by atoms with van der Waals surface area (Å²) >= 11 is 0. The maximum atomic E-state index is 11.4. The summed E-state index contributed by atoms with van der Waals surface area (Å²) in [5, 5.41) is 8.64. The van der Waals surface area contributed by atoms with Crippen LogP contribution in [0.4, 0.5) is 0 Å². The zero-order chi connectivity index (χ0) is 14.0. The van der Waals surface area contributed by atoms with Crippen molar-refractivity contribution in [3.8, 4) is 5.75 Å². The van der Waals surface area contributed by atoms with Gasteiger partial charge in [0.1, 0.15) is 11.9 Å². The second-order valence-corrected chi connectivity index (χ2v) is 6.77. The molecule has 0 saturated carbocycles. The van der Waals surface area contributed by atoms with Gasteiger partial charge in [-0.25, -0.2) is 8.42 Å². The van der Waals surface area contributed by atoms with Crippen molar-refractivity contribution in [1.29, 1.82) is 0 Å². The largest absolute Gasteiger partial charge is 0.488 e. The van der Waals surface area contributed by atoms with Crippen LogP contribution in [0.1, 0.15) is 5.56 Å². The van der Waals surface area contributed by atoms with Crippen molar-refractivity contribution in [2.75, 3.05) is 11.5 Å². The predicted molar refractivity (Wildman–Crippen MR) is 68.8 cm³/mol. The molecule has 6 nitrogen and oxygen atoms in total. The van der Waals surface area contributed by atoms with Crippen LogP contribution in [0.15, 0.2) is 24.3 Å². The molecule has 0 amide bonds. The second-order valence-electron chi connectivity index (χ2n) is 4.61. The van der Waals surface area contributed by atoms with Crippen LogP contribution in [0.3, 0.4) is 0 Å². The number of rotatable bonds is 4. The van der Waals surface area contributed by atoms with Crippen LogP contribution in [0, 0.1) is 0 Å². The number of benzene rings is 1. The highest BCUT2D eigenvalue weighted by atomic mass is 32.2. The highest BCUT2D eigenvalue weighted by Gasteiger charge is 2.36. The van der Waals surface area contributed by atoms with Crippen LogP contribution in [0.25, 0.3) is 0 Å². The van der Waals surface area contributed by atoms with E-state index in [1.54, 1.807) is 24.3 Å². The third kappa shape index (κ3) is 3.68. The average molecular weight is 285 g/mol. The molecule has 0 radical (unpaired) electrons. The Kier molecular flexibility index (Phi) is 3.77. The minimum Gasteiger partial charge on any atom is -0.488 e. The number of ether oxygens (including phenoxy) is 1. The predicted octanol–water partition coefficient (Wildman–Crippen LogP) is -0.183. The Morgan fingerprint density at radius 2 is 1.95 bits per heavy atom. The molecule has 0 spiro atoms. The van der Waals surface area contributed by atoms with Crippen molar-refractivity contribution in [3.05, 3.63) is 29.8 Å². The Balaban J connectivity index is 2.02. The fraction of sp³-hybridized carbons (Fsp3) is 0.417. The van der Waals surface area contributed by atoms with E-state index < -0.39 is 28.0 Å². The zero-order valence-electron chi connectivity index (χ0n) is 10.2. The van der Waals surface area contributed by atoms with Gasteiger partial charge in [0.15, 0.2) is 9.84 Å². The molecule has 1 aromatic carbocycles. The molecular formula is C12H15NO5S. The van der Waals surface area contributed by atoms with Gasteiger partial charge in [-0.2, -0.15) is 0 Å². The van der Waals surface area contributed by atoms with E-state index in [4.69, 9.17) is 15.6 Å². The zero-order valence-corrected chi connectivity index (χ0v) is 11.0. The number of sulfone groups is 1. The molecule has 1 heterocycles. The molecule has 2 atom stereocenters. The third-order valence-corrected chi connectivity index (χ3v) is 4.64. The number of carboxylic acids is 1. The Morgan fingerprint density at radius 1 is 1.32 bits per heavy atom. The van der Waals surface area contributed by atoms with Gasteiger partial charge in [0.2, 0.25) is 0 Å². The summed E-state index contributed by atoms with van der Waals surface area (Å²) in [6.45, 7) is 0. The lowest BCUT2D eigenvalue weighted by Crippen LogP contribution is -2.37. The summed E-state index contributed by atoms with van der Waals surface area (Å²) in [6, 6.07) is 5.99. The van der Waals surface area contributed by atoms with Crippen molar-refractivity contribution < 1.29 is 23.1 Å². The summed E-state index contributed by atoms with van der Waals surface area (Å²) in [6.07, 6.45) is -0.604. The van der Waals surface area contributed by atoms with Gasteiger partial charge in [0, 0.05) is 0 Å². The van der Waals surface area contributed by atoms with Crippen LogP contribution in [0.5, 0.6) is 5.75 Å². The van der Waals surface area contributed by atoms with Crippen molar-refractivity contribution in [1.82, 2.24) is 0 Å². The Labute approximate surface area is 111 Å². The number of carbonyl (C=O) groups is 1. The average Bonchev–Trinajstić information content (AvgIpc) is 2.54. The van der Waals surface area contributed by atoms with Crippen LogP contribution >= 0.6 is 0 Å². The number of carboxylic acid groups (broad SMARTS) is 1. The van der Waals surface area contributed by atoms with E-state index in [-0.39, 0.29) is 17.9 Å². The molecule has 19 heavy (non-hydrogen) atoms. The minimum atomic E-state index is -3.12. The Bertz CT molecular complexity index is 566. The first kappa shape index (κ1) is 13.8. The van der Waals surface area contributed by atoms with Crippen LogP contribution in [-0.2, 0) is 21.1 Å². The first-order valence-corrected chi connectivity index (χ1v) is 7.61. The summed E-state index contributed by atoms with van der Waals surface area (Å²) < 4.78 is 28.3. The summed E-state index contributed by atoms with van der Waals surface area (Å²) in [4.78, 5) is 10.5. The molecule has 1 aromatic rings. The Hall–Kier alpha value is -1.60. The lowest BCUT2D eigenvalue weighted by Gasteiger charge is -2.16. The normalized spacial score (nSPS) is 25.1. The summed E-state index contributed by atoms with van der Waals surface area (Å²) in [7, 11) is -3.12. The van der Waals surface area contributed by atoms with Crippen molar-refractivity contribution in [3.63, 3.8) is 0 Å². The summed E-state index contributed by atoms with van der Waals surface area (Å²) in [5.74, 6) is -0.552. The SMILES string of the molecule is NC1CS(=O)(=O)CC1Oc1ccc(CC(=O)O)cc1. The highest BCUT2D eigenvalue weighted by molar-refractivity contribution is 7.91. The maximum Gasteiger partial charge on any atom is 0.307 e. The van der Waals surface area contributed by atoms with Crippen LogP contribution in [-0.4, -0.2) is 43.1 Å². The van der Waals surface area contributed by atoms with E-state index in [1.165, 1.54) is 0 Å². The van der Waals surface area contributed by atoms with Crippen molar-refractivity contribution in [2.45, 2.75) is 18.6 Å². The van der Waals surface area contributed by atoms with E-state index in [0.717, 1.165) is 0 Å². The number of aliphatic carboxylic acids is 1. The van der Waals surface area contributed by atoms with Crippen LogP contribution < -0.4 is 10.5 Å². The molecule has 2 rings (SSSR count). The number of nitrogens with two attached hydrogens (primary N) is 1. The fourth-order valence-electron chi connectivity index (χ4n) is 2.00. The van der Waals surface area contributed by atoms with Gasteiger partial charge in [0.05, 0.1) is 24.0 Å². The van der Waals surface area contributed by atoms with Crippen molar-refractivity contribution in [2.24, 2.45) is 5.73 Å². The molecule has 7 heteroatoms. The quantitative estimate of drug-likeness (QED) is 0.794. The first-order chi connectivity index (χ1) is 8.85. The third-order valence-electron chi connectivity index (χ3n) is 2.91. The molecule has 0 bridgehead atoms. The fourth-order valence-corrected chi connectivity index (χ4v) is 3.75. The van der Waals surface area contributed by atoms with E-state index in [0.29, 0.717) is 11.3 Å². The van der Waals surface area contributed by atoms with E-state index in [9.17, 15) is 13.2 Å². The maximum absolute atomic E-state index is 11.4. The van der Waals surface area contributed by atoms with Gasteiger partial charge in [-0.1, -0.05) is 12.1 Å². The molecule has 1 aliphatic heterocycles. The van der Waals surface area contributed by atoms with Crippen LogP contribution in [0.2, 0.25) is 0 Å². The monoisotopic (exact) mass is 285 g/mol. The molecule has 2 unspecified atom stereocenters. The van der Waals surface area contributed by atoms with Gasteiger partial charge < -0.3 is 15.6 Å². The van der Waals surface area contributed by atoms with Gasteiger partial charge >= 0.3 is 5.97 Å². The molecule has 0 aromatic heterocycles. The van der Waals surface area contributed by atoms with Gasteiger partial charge in [-0.3, -0.25) is 4.79 Å². The molecule has 1 fully saturated rings. The molecule has 0 aliphatic carbocycles.